The predicted molar refractivity (Wildman–Crippen MR) is 76.8 cm³/mol. The van der Waals surface area contributed by atoms with Crippen LogP contribution in [0.5, 0.6) is 0 Å². The Kier molecular flexibility index (Phi) is 3.23. The Morgan fingerprint density at radius 3 is 2.90 bits per heavy atom. The summed E-state index contributed by atoms with van der Waals surface area (Å²) in [5.41, 5.74) is 1.57. The quantitative estimate of drug-likeness (QED) is 0.863. The van der Waals surface area contributed by atoms with Gasteiger partial charge in [0.1, 0.15) is 12.6 Å². The Hall–Kier alpha value is -1.73. The minimum atomic E-state index is -0.0988. The average Bonchev–Trinajstić information content (AvgIpc) is 3.05. The first-order valence-corrected chi connectivity index (χ1v) is 7.53. The number of aromatic nitrogens is 4. The molecule has 2 aromatic rings. The van der Waals surface area contributed by atoms with Crippen LogP contribution in [0.4, 0.5) is 5.82 Å². The van der Waals surface area contributed by atoms with Gasteiger partial charge in [-0.2, -0.15) is 0 Å². The van der Waals surface area contributed by atoms with Crippen LogP contribution in [0.3, 0.4) is 0 Å². The molecule has 21 heavy (non-hydrogen) atoms. The van der Waals surface area contributed by atoms with E-state index in [0.29, 0.717) is 0 Å². The molecule has 112 valence electrons. The molecule has 1 aliphatic carbocycles. The number of hydrogen-bond donors (Lipinski definition) is 2. The zero-order valence-corrected chi connectivity index (χ0v) is 11.8. The second-order valence-electron chi connectivity index (χ2n) is 5.84. The van der Waals surface area contributed by atoms with Crippen molar-refractivity contribution in [3.8, 4) is 0 Å². The van der Waals surface area contributed by atoms with E-state index in [0.717, 1.165) is 42.3 Å². The van der Waals surface area contributed by atoms with Crippen molar-refractivity contribution in [1.82, 2.24) is 19.5 Å². The lowest BCUT2D eigenvalue weighted by molar-refractivity contribution is -0.0207. The van der Waals surface area contributed by atoms with Crippen LogP contribution < -0.4 is 5.32 Å². The highest BCUT2D eigenvalue weighted by molar-refractivity contribution is 5.82. The zero-order chi connectivity index (χ0) is 14.2. The molecular formula is C14H19N5O2. The maximum Gasteiger partial charge on any atom is 0.167 e. The fourth-order valence-corrected chi connectivity index (χ4v) is 2.78. The molecule has 1 saturated carbocycles. The lowest BCUT2D eigenvalue weighted by Crippen LogP contribution is -2.14. The standard InChI is InChI=1S/C14H19N5O2/c20-6-10-3-4-11(21-10)19-8-18-12-13(15-5-9-1-2-9)16-7-17-14(12)19/h7-11,20H,1-6H2,(H,15,16,17)/t10?,11-/m0/s1. The van der Waals surface area contributed by atoms with Crippen LogP contribution in [0.15, 0.2) is 12.7 Å². The summed E-state index contributed by atoms with van der Waals surface area (Å²) in [7, 11) is 0. The molecule has 1 saturated heterocycles. The number of ether oxygens (including phenoxy) is 1. The number of nitrogens with zero attached hydrogens (tertiary/aromatic N) is 4. The van der Waals surface area contributed by atoms with Crippen molar-refractivity contribution in [3.63, 3.8) is 0 Å². The van der Waals surface area contributed by atoms with Gasteiger partial charge in [-0.3, -0.25) is 4.57 Å². The Balaban J connectivity index is 1.60. The molecule has 2 fully saturated rings. The van der Waals surface area contributed by atoms with Crippen LogP contribution in [0, 0.1) is 5.92 Å². The van der Waals surface area contributed by atoms with Crippen molar-refractivity contribution in [2.75, 3.05) is 18.5 Å². The fraction of sp³-hybridized carbons (Fsp3) is 0.643. The van der Waals surface area contributed by atoms with Crippen LogP contribution in [-0.2, 0) is 4.74 Å². The van der Waals surface area contributed by atoms with Gasteiger partial charge in [-0.15, -0.1) is 0 Å². The molecule has 7 nitrogen and oxygen atoms in total. The first kappa shape index (κ1) is 13.0. The van der Waals surface area contributed by atoms with E-state index < -0.39 is 0 Å². The Morgan fingerprint density at radius 2 is 2.14 bits per heavy atom. The van der Waals surface area contributed by atoms with Crippen molar-refractivity contribution in [3.05, 3.63) is 12.7 Å². The molecule has 0 spiro atoms. The summed E-state index contributed by atoms with van der Waals surface area (Å²) in [6.07, 6.45) is 7.47. The molecule has 2 N–H and O–H groups in total. The monoisotopic (exact) mass is 289 g/mol. The highest BCUT2D eigenvalue weighted by Gasteiger charge is 2.28. The number of aliphatic hydroxyl groups excluding tert-OH is 1. The third kappa shape index (κ3) is 2.47. The predicted octanol–water partition coefficient (Wildman–Crippen LogP) is 1.32. The van der Waals surface area contributed by atoms with E-state index in [4.69, 9.17) is 4.74 Å². The summed E-state index contributed by atoms with van der Waals surface area (Å²) in [6, 6.07) is 0. The topological polar surface area (TPSA) is 85.1 Å². The molecule has 2 aromatic heterocycles. The number of nitrogens with one attached hydrogen (secondary N) is 1. The number of anilines is 1. The number of aliphatic hydroxyl groups is 1. The molecule has 2 atom stereocenters. The first-order valence-electron chi connectivity index (χ1n) is 7.53. The maximum atomic E-state index is 9.18. The summed E-state index contributed by atoms with van der Waals surface area (Å²) >= 11 is 0. The molecule has 0 bridgehead atoms. The molecule has 4 rings (SSSR count). The molecule has 7 heteroatoms. The highest BCUT2D eigenvalue weighted by atomic mass is 16.5. The lowest BCUT2D eigenvalue weighted by atomic mass is 10.2. The summed E-state index contributed by atoms with van der Waals surface area (Å²) in [6.45, 7) is 1.01. The van der Waals surface area contributed by atoms with Gasteiger partial charge in [-0.1, -0.05) is 0 Å². The van der Waals surface area contributed by atoms with Crippen LogP contribution in [-0.4, -0.2) is 43.9 Å². The van der Waals surface area contributed by atoms with Gasteiger partial charge < -0.3 is 15.2 Å². The number of rotatable bonds is 5. The van der Waals surface area contributed by atoms with E-state index in [1.807, 2.05) is 4.57 Å². The smallest absolute Gasteiger partial charge is 0.167 e. The maximum absolute atomic E-state index is 9.18. The first-order chi connectivity index (χ1) is 10.3. The van der Waals surface area contributed by atoms with Crippen molar-refractivity contribution in [1.29, 1.82) is 0 Å². The largest absolute Gasteiger partial charge is 0.394 e. The Morgan fingerprint density at radius 1 is 1.24 bits per heavy atom. The van der Waals surface area contributed by atoms with Crippen LogP contribution in [0.25, 0.3) is 11.2 Å². The summed E-state index contributed by atoms with van der Waals surface area (Å²) in [5.74, 6) is 1.57. The second kappa shape index (κ2) is 5.23. The van der Waals surface area contributed by atoms with Crippen molar-refractivity contribution >= 4 is 17.0 Å². The molecule has 0 amide bonds. The third-order valence-corrected chi connectivity index (χ3v) is 4.21. The van der Waals surface area contributed by atoms with Crippen molar-refractivity contribution in [2.45, 2.75) is 38.0 Å². The number of imidazole rings is 1. The summed E-state index contributed by atoms with van der Waals surface area (Å²) in [4.78, 5) is 13.1. The van der Waals surface area contributed by atoms with E-state index in [1.54, 1.807) is 12.7 Å². The van der Waals surface area contributed by atoms with Crippen LogP contribution in [0.2, 0.25) is 0 Å². The van der Waals surface area contributed by atoms with Gasteiger partial charge in [0.2, 0.25) is 0 Å². The van der Waals surface area contributed by atoms with E-state index in [2.05, 4.69) is 20.3 Å². The zero-order valence-electron chi connectivity index (χ0n) is 11.8. The third-order valence-electron chi connectivity index (χ3n) is 4.21. The fourth-order valence-electron chi connectivity index (χ4n) is 2.78. The van der Waals surface area contributed by atoms with Gasteiger partial charge in [0.15, 0.2) is 17.0 Å². The van der Waals surface area contributed by atoms with Crippen LogP contribution in [0.1, 0.15) is 31.9 Å². The van der Waals surface area contributed by atoms with Gasteiger partial charge in [-0.05, 0) is 31.6 Å². The molecule has 3 heterocycles. The minimum absolute atomic E-state index is 0.0618. The molecule has 1 aliphatic heterocycles. The van der Waals surface area contributed by atoms with E-state index in [-0.39, 0.29) is 18.9 Å². The van der Waals surface area contributed by atoms with E-state index in [1.165, 1.54) is 12.8 Å². The van der Waals surface area contributed by atoms with Gasteiger partial charge in [0, 0.05) is 6.54 Å². The molecule has 0 aromatic carbocycles. The molecule has 2 aliphatic rings. The molecule has 1 unspecified atom stereocenters. The highest BCUT2D eigenvalue weighted by Crippen LogP contribution is 2.32. The normalized spacial score (nSPS) is 25.6. The van der Waals surface area contributed by atoms with Gasteiger partial charge in [-0.25, -0.2) is 15.0 Å². The Labute approximate surface area is 122 Å². The number of hydrogen-bond acceptors (Lipinski definition) is 6. The van der Waals surface area contributed by atoms with Crippen molar-refractivity contribution in [2.24, 2.45) is 5.92 Å². The second-order valence-corrected chi connectivity index (χ2v) is 5.84. The van der Waals surface area contributed by atoms with Crippen molar-refractivity contribution < 1.29 is 9.84 Å². The molecule has 0 radical (unpaired) electrons. The van der Waals surface area contributed by atoms with Gasteiger partial charge in [0.05, 0.1) is 19.0 Å². The van der Waals surface area contributed by atoms with Gasteiger partial charge >= 0.3 is 0 Å². The SMILES string of the molecule is OCC1CC[C@@H](n2cnc3c(NCC4CC4)ncnc32)O1. The van der Waals surface area contributed by atoms with Crippen LogP contribution >= 0.6 is 0 Å². The summed E-state index contributed by atoms with van der Waals surface area (Å²) in [5, 5.41) is 12.5. The lowest BCUT2D eigenvalue weighted by Gasteiger charge is -2.14. The van der Waals surface area contributed by atoms with E-state index in [9.17, 15) is 5.11 Å². The summed E-state index contributed by atoms with van der Waals surface area (Å²) < 4.78 is 7.74. The molecular weight excluding hydrogens is 270 g/mol. The average molecular weight is 289 g/mol. The van der Waals surface area contributed by atoms with Gasteiger partial charge in [0.25, 0.3) is 0 Å². The number of fused-ring (bicyclic) bond motifs is 1. The Bertz CT molecular complexity index is 639. The minimum Gasteiger partial charge on any atom is -0.394 e. The van der Waals surface area contributed by atoms with E-state index >= 15 is 0 Å².